The van der Waals surface area contributed by atoms with Crippen molar-refractivity contribution in [3.05, 3.63) is 17.5 Å². The lowest BCUT2D eigenvalue weighted by molar-refractivity contribution is -0.149. The average molecular weight is 316 g/mol. The molecule has 1 rings (SSSR count). The zero-order chi connectivity index (χ0) is 15.3. The Balaban J connectivity index is 2.89. The molecule has 0 aliphatic heterocycles. The van der Waals surface area contributed by atoms with Crippen LogP contribution in [0.4, 0.5) is 0 Å². The van der Waals surface area contributed by atoms with E-state index in [1.807, 2.05) is 0 Å². The molecule has 0 fully saturated rings. The van der Waals surface area contributed by atoms with Crippen LogP contribution in [0.25, 0.3) is 0 Å². The molecule has 20 heavy (non-hydrogen) atoms. The average Bonchev–Trinajstić information content (AvgIpc) is 2.89. The van der Waals surface area contributed by atoms with Gasteiger partial charge in [0, 0.05) is 0 Å². The first-order valence-electron chi connectivity index (χ1n) is 5.94. The third-order valence-electron chi connectivity index (χ3n) is 2.44. The van der Waals surface area contributed by atoms with Gasteiger partial charge in [-0.15, -0.1) is 11.3 Å². The number of thiophene rings is 1. The number of sulfonamides is 1. The second-order valence-corrected chi connectivity index (χ2v) is 7.37. The van der Waals surface area contributed by atoms with Crippen LogP contribution in [-0.2, 0) is 19.6 Å². The van der Waals surface area contributed by atoms with E-state index in [1.165, 1.54) is 13.0 Å². The molecule has 0 amide bonds. The number of hydrogen-bond acceptors (Lipinski definition) is 6. The Hall–Kier alpha value is -1.43. The highest BCUT2D eigenvalue weighted by Crippen LogP contribution is 2.17. The van der Waals surface area contributed by atoms with Crippen LogP contribution in [0.2, 0.25) is 0 Å². The lowest BCUT2D eigenvalue weighted by atomic mass is 10.1. The van der Waals surface area contributed by atoms with E-state index < -0.39 is 28.1 Å². The highest BCUT2D eigenvalue weighted by Gasteiger charge is 2.30. The second-order valence-electron chi connectivity index (χ2n) is 4.48. The molecular formula is C12H16N2O4S2. The quantitative estimate of drug-likeness (QED) is 0.802. The molecule has 0 aliphatic carbocycles. The van der Waals surface area contributed by atoms with E-state index in [0.29, 0.717) is 0 Å². The van der Waals surface area contributed by atoms with Gasteiger partial charge in [-0.3, -0.25) is 4.79 Å². The molecule has 2 atom stereocenters. The molecule has 0 aliphatic rings. The number of nitriles is 1. The number of esters is 1. The molecule has 0 saturated carbocycles. The minimum Gasteiger partial charge on any atom is -0.446 e. The number of hydrogen-bond donors (Lipinski definition) is 1. The maximum absolute atomic E-state index is 12.1. The summed E-state index contributed by atoms with van der Waals surface area (Å²) in [5.74, 6) is -1.06. The molecule has 0 unspecified atom stereocenters. The van der Waals surface area contributed by atoms with Gasteiger partial charge in [0.1, 0.15) is 16.3 Å². The Morgan fingerprint density at radius 3 is 2.55 bits per heavy atom. The van der Waals surface area contributed by atoms with Crippen LogP contribution in [0.3, 0.4) is 0 Å². The highest BCUT2D eigenvalue weighted by atomic mass is 32.2. The van der Waals surface area contributed by atoms with Crippen molar-refractivity contribution in [1.29, 1.82) is 5.26 Å². The summed E-state index contributed by atoms with van der Waals surface area (Å²) in [4.78, 5) is 11.9. The summed E-state index contributed by atoms with van der Waals surface area (Å²) in [7, 11) is -3.76. The van der Waals surface area contributed by atoms with Crippen molar-refractivity contribution in [3.63, 3.8) is 0 Å². The van der Waals surface area contributed by atoms with Gasteiger partial charge in [-0.1, -0.05) is 19.9 Å². The fraction of sp³-hybridized carbons (Fsp3) is 0.500. The monoisotopic (exact) mass is 316 g/mol. The van der Waals surface area contributed by atoms with Gasteiger partial charge >= 0.3 is 5.97 Å². The fourth-order valence-electron chi connectivity index (χ4n) is 1.37. The van der Waals surface area contributed by atoms with Crippen molar-refractivity contribution in [3.8, 4) is 6.07 Å². The number of carbonyl (C=O) groups excluding carboxylic acids is 1. The van der Waals surface area contributed by atoms with Crippen molar-refractivity contribution >= 4 is 27.3 Å². The van der Waals surface area contributed by atoms with Crippen LogP contribution >= 0.6 is 11.3 Å². The van der Waals surface area contributed by atoms with E-state index in [0.717, 1.165) is 11.3 Å². The van der Waals surface area contributed by atoms with Crippen molar-refractivity contribution in [1.82, 2.24) is 4.72 Å². The summed E-state index contributed by atoms with van der Waals surface area (Å²) in [5, 5.41) is 10.3. The highest BCUT2D eigenvalue weighted by molar-refractivity contribution is 7.91. The van der Waals surface area contributed by atoms with Gasteiger partial charge in [0.15, 0.2) is 6.10 Å². The number of rotatable bonds is 6. The molecule has 0 spiro atoms. The molecule has 0 radical (unpaired) electrons. The molecule has 0 saturated heterocycles. The van der Waals surface area contributed by atoms with Gasteiger partial charge in [-0.25, -0.2) is 8.42 Å². The fourth-order valence-corrected chi connectivity index (χ4v) is 3.71. The molecule has 1 aromatic rings. The van der Waals surface area contributed by atoms with Crippen LogP contribution in [0.15, 0.2) is 21.7 Å². The molecule has 0 aromatic carbocycles. The van der Waals surface area contributed by atoms with Gasteiger partial charge in [0.2, 0.25) is 0 Å². The van der Waals surface area contributed by atoms with Crippen molar-refractivity contribution in [2.75, 3.05) is 0 Å². The molecule has 0 bridgehead atoms. The van der Waals surface area contributed by atoms with Gasteiger partial charge in [-0.05, 0) is 24.3 Å². The molecule has 1 N–H and O–H groups in total. The molecular weight excluding hydrogens is 300 g/mol. The Kier molecular flexibility index (Phi) is 5.68. The van der Waals surface area contributed by atoms with Crippen LogP contribution in [0.5, 0.6) is 0 Å². The summed E-state index contributed by atoms with van der Waals surface area (Å²) in [6.45, 7) is 4.81. The van der Waals surface area contributed by atoms with Crippen LogP contribution in [0, 0.1) is 17.2 Å². The Morgan fingerprint density at radius 1 is 1.45 bits per heavy atom. The van der Waals surface area contributed by atoms with Crippen LogP contribution in [-0.4, -0.2) is 26.5 Å². The second kappa shape index (κ2) is 6.83. The van der Waals surface area contributed by atoms with Gasteiger partial charge in [-0.2, -0.15) is 9.98 Å². The zero-order valence-electron chi connectivity index (χ0n) is 11.4. The normalized spacial score (nSPS) is 14.6. The third kappa shape index (κ3) is 4.30. The first kappa shape index (κ1) is 16.6. The van der Waals surface area contributed by atoms with E-state index in [4.69, 9.17) is 10.00 Å². The van der Waals surface area contributed by atoms with E-state index in [9.17, 15) is 13.2 Å². The van der Waals surface area contributed by atoms with Crippen molar-refractivity contribution in [2.45, 2.75) is 37.1 Å². The molecule has 1 heterocycles. The van der Waals surface area contributed by atoms with Crippen molar-refractivity contribution < 1.29 is 17.9 Å². The number of nitrogens with zero attached hydrogens (tertiary/aromatic N) is 1. The van der Waals surface area contributed by atoms with Gasteiger partial charge < -0.3 is 4.74 Å². The summed E-state index contributed by atoms with van der Waals surface area (Å²) in [5.41, 5.74) is 0. The first-order chi connectivity index (χ1) is 9.27. The topological polar surface area (TPSA) is 96.3 Å². The summed E-state index contributed by atoms with van der Waals surface area (Å²) in [6.07, 6.45) is -0.921. The predicted octanol–water partition coefficient (Wildman–Crippen LogP) is 1.51. The minimum atomic E-state index is -3.76. The lowest BCUT2D eigenvalue weighted by Gasteiger charge is -2.20. The van der Waals surface area contributed by atoms with Gasteiger partial charge in [0.25, 0.3) is 10.0 Å². The maximum Gasteiger partial charge on any atom is 0.325 e. The summed E-state index contributed by atoms with van der Waals surface area (Å²) >= 11 is 1.06. The van der Waals surface area contributed by atoms with E-state index in [2.05, 4.69) is 4.72 Å². The molecule has 110 valence electrons. The predicted molar refractivity (Wildman–Crippen MR) is 74.4 cm³/mol. The summed E-state index contributed by atoms with van der Waals surface area (Å²) < 4.78 is 31.5. The maximum atomic E-state index is 12.1. The Morgan fingerprint density at radius 2 is 2.10 bits per heavy atom. The molecule has 8 heteroatoms. The number of carbonyl (C=O) groups is 1. The smallest absolute Gasteiger partial charge is 0.325 e. The largest absolute Gasteiger partial charge is 0.446 e. The zero-order valence-corrected chi connectivity index (χ0v) is 13.0. The van der Waals surface area contributed by atoms with Crippen LogP contribution in [0.1, 0.15) is 20.8 Å². The molecule has 1 aromatic heterocycles. The van der Waals surface area contributed by atoms with E-state index in [-0.39, 0.29) is 10.1 Å². The third-order valence-corrected chi connectivity index (χ3v) is 5.28. The standard InChI is InChI=1S/C12H16N2O4S2/c1-8(2)11(12(15)18-9(3)7-13)14-20(16,17)10-5-4-6-19-10/h4-6,8-9,11,14H,1-3H3/t9-,11-/m1/s1. The molecule has 6 nitrogen and oxygen atoms in total. The minimum absolute atomic E-state index is 0.129. The Labute approximate surface area is 122 Å². The number of nitrogens with one attached hydrogen (secondary N) is 1. The first-order valence-corrected chi connectivity index (χ1v) is 8.30. The van der Waals surface area contributed by atoms with Crippen LogP contribution < -0.4 is 4.72 Å². The van der Waals surface area contributed by atoms with Crippen molar-refractivity contribution in [2.24, 2.45) is 5.92 Å². The van der Waals surface area contributed by atoms with Gasteiger partial charge in [0.05, 0.1) is 0 Å². The summed E-state index contributed by atoms with van der Waals surface area (Å²) in [6, 6.07) is 3.79. The Bertz CT molecular complexity index is 587. The van der Waals surface area contributed by atoms with E-state index >= 15 is 0 Å². The number of ether oxygens (including phenoxy) is 1. The lowest BCUT2D eigenvalue weighted by Crippen LogP contribution is -2.45. The SMILES string of the molecule is CC(C)[C@@H](NS(=O)(=O)c1cccs1)C(=O)O[C@H](C)C#N. The van der Waals surface area contributed by atoms with E-state index in [1.54, 1.807) is 31.4 Å².